The smallest absolute Gasteiger partial charge is 0.290 e. The molecule has 8 heteroatoms. The number of nitrogens with zero attached hydrogens (tertiary/aromatic N) is 3. The van der Waals surface area contributed by atoms with Gasteiger partial charge in [0.25, 0.3) is 5.91 Å². The number of aromatic nitrogens is 2. The number of amides is 1. The minimum absolute atomic E-state index is 0.00103. The molecular formula is C27H21N3O4S. The number of aryl methyl sites for hydroxylation is 1. The lowest BCUT2D eigenvalue weighted by Crippen LogP contribution is -2.30. The first kappa shape index (κ1) is 22.5. The number of hydrogen-bond donors (Lipinski definition) is 2. The molecule has 3 heterocycles. The molecule has 0 saturated heterocycles. The van der Waals surface area contributed by atoms with E-state index in [-0.39, 0.29) is 17.9 Å². The highest BCUT2D eigenvalue weighted by Gasteiger charge is 2.44. The minimum Gasteiger partial charge on any atom is -0.508 e. The highest BCUT2D eigenvalue weighted by molar-refractivity contribution is 7.17. The van der Waals surface area contributed by atoms with Crippen LogP contribution in [0.1, 0.15) is 32.5 Å². The van der Waals surface area contributed by atoms with Crippen LogP contribution in [0.3, 0.4) is 0 Å². The van der Waals surface area contributed by atoms with Crippen molar-refractivity contribution < 1.29 is 19.8 Å². The van der Waals surface area contributed by atoms with E-state index in [1.807, 2.05) is 30.3 Å². The Morgan fingerprint density at radius 2 is 1.69 bits per heavy atom. The molecule has 2 aromatic carbocycles. The molecular weight excluding hydrogens is 462 g/mol. The van der Waals surface area contributed by atoms with E-state index in [1.54, 1.807) is 43.6 Å². The van der Waals surface area contributed by atoms with Crippen LogP contribution in [0.25, 0.3) is 10.6 Å². The van der Waals surface area contributed by atoms with Gasteiger partial charge >= 0.3 is 0 Å². The first-order chi connectivity index (χ1) is 16.9. The fraction of sp³-hybridized carbons (Fsp3) is 0.111. The lowest BCUT2D eigenvalue weighted by molar-refractivity contribution is -0.130. The van der Waals surface area contributed by atoms with Crippen molar-refractivity contribution >= 4 is 23.0 Å². The molecule has 2 aromatic heterocycles. The highest BCUT2D eigenvalue weighted by Crippen LogP contribution is 2.42. The van der Waals surface area contributed by atoms with Gasteiger partial charge in [-0.15, -0.1) is 11.3 Å². The van der Waals surface area contributed by atoms with Crippen molar-refractivity contribution in [2.45, 2.75) is 19.5 Å². The summed E-state index contributed by atoms with van der Waals surface area (Å²) in [4.78, 5) is 37.4. The van der Waals surface area contributed by atoms with E-state index in [0.29, 0.717) is 21.1 Å². The van der Waals surface area contributed by atoms with E-state index in [0.717, 1.165) is 11.1 Å². The molecule has 0 aliphatic carbocycles. The van der Waals surface area contributed by atoms with Crippen LogP contribution in [0, 0.1) is 6.92 Å². The van der Waals surface area contributed by atoms with Gasteiger partial charge in [0.2, 0.25) is 5.78 Å². The number of carbonyl (C=O) groups is 2. The van der Waals surface area contributed by atoms with Gasteiger partial charge in [-0.2, -0.15) is 0 Å². The maximum atomic E-state index is 13.8. The molecule has 0 radical (unpaired) electrons. The predicted molar refractivity (Wildman–Crippen MR) is 132 cm³/mol. The topological polar surface area (TPSA) is 104 Å². The number of phenols is 1. The largest absolute Gasteiger partial charge is 0.508 e. The Bertz CT molecular complexity index is 1430. The Morgan fingerprint density at radius 1 is 1.00 bits per heavy atom. The first-order valence-electron chi connectivity index (χ1n) is 10.9. The molecule has 1 amide bonds. The standard InChI is InChI=1S/C27H21N3O4S/c1-16-25(35-26(29-16)19-5-3-2-4-6-19)23(32)21-22(18-7-9-20(31)10-8-18)30(27(34)24(21)33)15-17-11-13-28-14-12-17/h2-14,22,31,33H,15H2,1H3. The third-order valence-corrected chi connectivity index (χ3v) is 7.09. The molecule has 1 aliphatic rings. The van der Waals surface area contributed by atoms with Crippen LogP contribution in [0.15, 0.2) is 90.5 Å². The normalized spacial score (nSPS) is 15.6. The van der Waals surface area contributed by atoms with Crippen molar-refractivity contribution in [3.05, 3.63) is 112 Å². The lowest BCUT2D eigenvalue weighted by atomic mass is 9.95. The number of phenolic OH excluding ortho intramolecular Hbond substituents is 1. The molecule has 7 nitrogen and oxygen atoms in total. The van der Waals surface area contributed by atoms with Crippen LogP contribution in [0.4, 0.5) is 0 Å². The zero-order valence-corrected chi connectivity index (χ0v) is 19.6. The monoisotopic (exact) mass is 483 g/mol. The van der Waals surface area contributed by atoms with Crippen molar-refractivity contribution in [3.8, 4) is 16.3 Å². The van der Waals surface area contributed by atoms with Gasteiger partial charge in [-0.1, -0.05) is 42.5 Å². The summed E-state index contributed by atoms with van der Waals surface area (Å²) in [6.45, 7) is 1.92. The zero-order valence-electron chi connectivity index (χ0n) is 18.8. The van der Waals surface area contributed by atoms with Crippen molar-refractivity contribution in [1.82, 2.24) is 14.9 Å². The van der Waals surface area contributed by atoms with Gasteiger partial charge in [0, 0.05) is 24.5 Å². The quantitative estimate of drug-likeness (QED) is 0.374. The summed E-state index contributed by atoms with van der Waals surface area (Å²) in [5.74, 6) is -1.58. The Kier molecular flexibility index (Phi) is 5.88. The summed E-state index contributed by atoms with van der Waals surface area (Å²) in [5.41, 5.74) is 2.82. The number of Topliss-reactive ketones (excluding diaryl/α,β-unsaturated/α-hetero) is 1. The van der Waals surface area contributed by atoms with Crippen LogP contribution in [0.2, 0.25) is 0 Å². The fourth-order valence-electron chi connectivity index (χ4n) is 4.17. The molecule has 0 saturated carbocycles. The Hall–Kier alpha value is -4.30. The van der Waals surface area contributed by atoms with Gasteiger partial charge in [0.05, 0.1) is 22.2 Å². The van der Waals surface area contributed by atoms with E-state index in [1.165, 1.54) is 28.4 Å². The molecule has 5 rings (SSSR count). The van der Waals surface area contributed by atoms with Crippen LogP contribution >= 0.6 is 11.3 Å². The Balaban J connectivity index is 1.58. The van der Waals surface area contributed by atoms with E-state index in [2.05, 4.69) is 9.97 Å². The lowest BCUT2D eigenvalue weighted by Gasteiger charge is -2.27. The van der Waals surface area contributed by atoms with Crippen LogP contribution in [0.5, 0.6) is 5.75 Å². The van der Waals surface area contributed by atoms with Crippen molar-refractivity contribution in [2.24, 2.45) is 0 Å². The fourth-order valence-corrected chi connectivity index (χ4v) is 5.20. The van der Waals surface area contributed by atoms with E-state index < -0.39 is 23.5 Å². The molecule has 0 spiro atoms. The molecule has 1 aliphatic heterocycles. The van der Waals surface area contributed by atoms with E-state index in [4.69, 9.17) is 0 Å². The molecule has 35 heavy (non-hydrogen) atoms. The summed E-state index contributed by atoms with van der Waals surface area (Å²) < 4.78 is 0. The van der Waals surface area contributed by atoms with Gasteiger partial charge in [0.1, 0.15) is 10.8 Å². The average Bonchev–Trinajstić information content (AvgIpc) is 3.38. The van der Waals surface area contributed by atoms with Crippen LogP contribution < -0.4 is 0 Å². The van der Waals surface area contributed by atoms with Crippen LogP contribution in [-0.2, 0) is 11.3 Å². The average molecular weight is 484 g/mol. The number of aliphatic hydroxyl groups is 1. The van der Waals surface area contributed by atoms with Gasteiger partial charge in [-0.25, -0.2) is 4.98 Å². The number of aromatic hydroxyl groups is 1. The number of carbonyl (C=O) groups excluding carboxylic acids is 2. The number of hydrogen-bond acceptors (Lipinski definition) is 7. The molecule has 4 aromatic rings. The van der Waals surface area contributed by atoms with Gasteiger partial charge in [-0.3, -0.25) is 14.6 Å². The third kappa shape index (κ3) is 4.20. The molecule has 2 N–H and O–H groups in total. The molecule has 0 fully saturated rings. The molecule has 174 valence electrons. The summed E-state index contributed by atoms with van der Waals surface area (Å²) >= 11 is 1.23. The summed E-state index contributed by atoms with van der Waals surface area (Å²) in [6.07, 6.45) is 3.24. The Morgan fingerprint density at radius 3 is 2.37 bits per heavy atom. The Labute approximate surface area is 205 Å². The second kappa shape index (κ2) is 9.15. The summed E-state index contributed by atoms with van der Waals surface area (Å²) in [6, 6.07) is 18.5. The van der Waals surface area contributed by atoms with Gasteiger partial charge < -0.3 is 15.1 Å². The van der Waals surface area contributed by atoms with E-state index >= 15 is 0 Å². The van der Waals surface area contributed by atoms with Crippen LogP contribution in [-0.4, -0.2) is 36.8 Å². The highest BCUT2D eigenvalue weighted by atomic mass is 32.1. The molecule has 0 bridgehead atoms. The third-order valence-electron chi connectivity index (χ3n) is 5.88. The van der Waals surface area contributed by atoms with E-state index in [9.17, 15) is 19.8 Å². The second-order valence-electron chi connectivity index (χ2n) is 8.17. The molecule has 1 unspecified atom stereocenters. The molecule has 1 atom stereocenters. The van der Waals surface area contributed by atoms with Crippen molar-refractivity contribution in [3.63, 3.8) is 0 Å². The summed E-state index contributed by atoms with van der Waals surface area (Å²) in [5, 5.41) is 21.4. The number of aliphatic hydroxyl groups excluding tert-OH is 1. The van der Waals surface area contributed by atoms with Gasteiger partial charge in [0.15, 0.2) is 5.76 Å². The van der Waals surface area contributed by atoms with Crippen molar-refractivity contribution in [2.75, 3.05) is 0 Å². The predicted octanol–water partition coefficient (Wildman–Crippen LogP) is 5.00. The van der Waals surface area contributed by atoms with Gasteiger partial charge in [-0.05, 0) is 42.3 Å². The van der Waals surface area contributed by atoms with Crippen molar-refractivity contribution in [1.29, 1.82) is 0 Å². The number of rotatable bonds is 6. The maximum Gasteiger partial charge on any atom is 0.290 e. The summed E-state index contributed by atoms with van der Waals surface area (Å²) in [7, 11) is 0. The number of ketones is 1. The maximum absolute atomic E-state index is 13.8. The number of thiazole rings is 1. The number of benzene rings is 2. The first-order valence-corrected chi connectivity index (χ1v) is 11.7. The second-order valence-corrected chi connectivity index (χ2v) is 9.17. The minimum atomic E-state index is -0.828. The number of pyridine rings is 1. The zero-order chi connectivity index (χ0) is 24.5. The SMILES string of the molecule is Cc1nc(-c2ccccc2)sc1C(=O)C1=C(O)C(=O)N(Cc2ccncc2)C1c1ccc(O)cc1.